The molecule has 1 N–H and O–H groups in total. The molecule has 2 fully saturated rings. The van der Waals surface area contributed by atoms with Crippen LogP contribution in [-0.2, 0) is 4.74 Å². The number of amides is 2. The zero-order valence-corrected chi connectivity index (χ0v) is 15.4. The van der Waals surface area contributed by atoms with E-state index in [2.05, 4.69) is 5.32 Å². The molecule has 3 rings (SSSR count). The van der Waals surface area contributed by atoms with Crippen molar-refractivity contribution >= 4 is 6.03 Å². The van der Waals surface area contributed by atoms with Gasteiger partial charge in [-0.25, -0.2) is 4.79 Å². The zero-order chi connectivity index (χ0) is 17.7. The second-order valence-corrected chi connectivity index (χ2v) is 7.53. The minimum atomic E-state index is -0.0222. The molecular formula is C20H30N2O3. The summed E-state index contributed by atoms with van der Waals surface area (Å²) < 4.78 is 11.3. The van der Waals surface area contributed by atoms with Gasteiger partial charge in [-0.05, 0) is 56.6 Å². The van der Waals surface area contributed by atoms with Crippen molar-refractivity contribution < 1.29 is 14.3 Å². The molecular weight excluding hydrogens is 316 g/mol. The molecule has 5 nitrogen and oxygen atoms in total. The lowest BCUT2D eigenvalue weighted by atomic mass is 9.72. The van der Waals surface area contributed by atoms with Crippen LogP contribution in [0.4, 0.5) is 4.79 Å². The molecule has 1 aromatic rings. The molecule has 2 amide bonds. The number of para-hydroxylation sites is 1. The van der Waals surface area contributed by atoms with Crippen LogP contribution in [0.15, 0.2) is 24.3 Å². The molecule has 5 heteroatoms. The van der Waals surface area contributed by atoms with E-state index in [9.17, 15) is 4.79 Å². The topological polar surface area (TPSA) is 50.8 Å². The highest BCUT2D eigenvalue weighted by molar-refractivity contribution is 5.74. The van der Waals surface area contributed by atoms with Gasteiger partial charge in [-0.3, -0.25) is 0 Å². The average Bonchev–Trinajstić information content (AvgIpc) is 2.62. The maximum Gasteiger partial charge on any atom is 0.317 e. The number of nitrogens with one attached hydrogen (secondary N) is 1. The van der Waals surface area contributed by atoms with E-state index in [0.717, 1.165) is 63.3 Å². The third-order valence-corrected chi connectivity index (χ3v) is 5.62. The van der Waals surface area contributed by atoms with E-state index in [1.54, 1.807) is 0 Å². The van der Waals surface area contributed by atoms with Crippen molar-refractivity contribution in [2.24, 2.45) is 5.41 Å². The normalized spacial score (nSPS) is 21.0. The van der Waals surface area contributed by atoms with Gasteiger partial charge >= 0.3 is 6.03 Å². The van der Waals surface area contributed by atoms with Gasteiger partial charge in [0, 0.05) is 26.3 Å². The first-order valence-corrected chi connectivity index (χ1v) is 9.40. The van der Waals surface area contributed by atoms with Crippen molar-refractivity contribution in [2.75, 3.05) is 32.9 Å². The largest absolute Gasteiger partial charge is 0.491 e. The molecule has 2 aliphatic heterocycles. The number of hydrogen-bond donors (Lipinski definition) is 1. The summed E-state index contributed by atoms with van der Waals surface area (Å²) in [5, 5.41) is 3.07. The molecule has 2 saturated heterocycles. The lowest BCUT2D eigenvalue weighted by molar-refractivity contribution is -0.0146. The van der Waals surface area contributed by atoms with Crippen LogP contribution in [0.3, 0.4) is 0 Å². The number of benzene rings is 1. The number of hydrogen-bond acceptors (Lipinski definition) is 3. The van der Waals surface area contributed by atoms with Crippen molar-refractivity contribution in [3.63, 3.8) is 0 Å². The molecule has 0 bridgehead atoms. The Bertz CT molecular complexity index is 574. The molecule has 1 atom stereocenters. The van der Waals surface area contributed by atoms with E-state index < -0.39 is 0 Å². The van der Waals surface area contributed by atoms with E-state index in [1.807, 2.05) is 43.0 Å². The minimum Gasteiger partial charge on any atom is -0.491 e. The quantitative estimate of drug-likeness (QED) is 0.909. The lowest BCUT2D eigenvalue weighted by Crippen LogP contribution is -2.51. The number of nitrogens with zero attached hydrogens (tertiary/aromatic N) is 1. The summed E-state index contributed by atoms with van der Waals surface area (Å²) in [6.45, 7) is 7.93. The molecule has 2 aliphatic rings. The van der Waals surface area contributed by atoms with Gasteiger partial charge in [0.25, 0.3) is 0 Å². The van der Waals surface area contributed by atoms with Crippen molar-refractivity contribution in [2.45, 2.75) is 45.6 Å². The summed E-state index contributed by atoms with van der Waals surface area (Å²) in [5.74, 6) is 0.878. The van der Waals surface area contributed by atoms with Gasteiger partial charge in [0.15, 0.2) is 0 Å². The molecule has 25 heavy (non-hydrogen) atoms. The predicted molar refractivity (Wildman–Crippen MR) is 98.0 cm³/mol. The lowest BCUT2D eigenvalue weighted by Gasteiger charge is -2.44. The molecule has 0 aromatic heterocycles. The summed E-state index contributed by atoms with van der Waals surface area (Å²) in [5.41, 5.74) is 1.52. The highest BCUT2D eigenvalue weighted by Gasteiger charge is 2.37. The Hall–Kier alpha value is -1.75. The monoisotopic (exact) mass is 346 g/mol. The van der Waals surface area contributed by atoms with E-state index >= 15 is 0 Å². The van der Waals surface area contributed by atoms with Crippen LogP contribution in [0.2, 0.25) is 0 Å². The molecule has 0 unspecified atom stereocenters. The standard InChI is InChI=1S/C20H30N2O3/c1-16-5-3-4-6-18(16)25-15-17(2)21-19(23)22-11-7-20(8-12-22)9-13-24-14-10-20/h3-6,17H,7-15H2,1-2H3,(H,21,23)/t17-/m0/s1. The highest BCUT2D eigenvalue weighted by atomic mass is 16.5. The first-order valence-electron chi connectivity index (χ1n) is 9.40. The van der Waals surface area contributed by atoms with Gasteiger partial charge in [-0.15, -0.1) is 0 Å². The van der Waals surface area contributed by atoms with Crippen LogP contribution in [0, 0.1) is 12.3 Å². The number of urea groups is 1. The zero-order valence-electron chi connectivity index (χ0n) is 15.4. The van der Waals surface area contributed by atoms with Crippen molar-refractivity contribution in [3.8, 4) is 5.75 Å². The first kappa shape index (κ1) is 18.1. The fraction of sp³-hybridized carbons (Fsp3) is 0.650. The van der Waals surface area contributed by atoms with Gasteiger partial charge in [0.2, 0.25) is 0 Å². The maximum atomic E-state index is 12.5. The van der Waals surface area contributed by atoms with Crippen molar-refractivity contribution in [3.05, 3.63) is 29.8 Å². The molecule has 1 spiro atoms. The molecule has 0 saturated carbocycles. The SMILES string of the molecule is Cc1ccccc1OC[C@H](C)NC(=O)N1CCC2(CCOCC2)CC1. The van der Waals surface area contributed by atoms with Crippen molar-refractivity contribution in [1.29, 1.82) is 0 Å². The molecule has 0 radical (unpaired) electrons. The third-order valence-electron chi connectivity index (χ3n) is 5.62. The van der Waals surface area contributed by atoms with Gasteiger partial charge in [0.1, 0.15) is 12.4 Å². The maximum absolute atomic E-state index is 12.5. The van der Waals surface area contributed by atoms with Crippen LogP contribution in [0.5, 0.6) is 5.75 Å². The van der Waals surface area contributed by atoms with Gasteiger partial charge in [-0.1, -0.05) is 18.2 Å². The van der Waals surface area contributed by atoms with E-state index in [-0.39, 0.29) is 12.1 Å². The summed E-state index contributed by atoms with van der Waals surface area (Å²) in [6.07, 6.45) is 4.47. The van der Waals surface area contributed by atoms with Gasteiger partial charge < -0.3 is 19.7 Å². The predicted octanol–water partition coefficient (Wildman–Crippen LogP) is 3.36. The van der Waals surface area contributed by atoms with Crippen molar-refractivity contribution in [1.82, 2.24) is 10.2 Å². The molecule has 2 heterocycles. The van der Waals surface area contributed by atoms with Gasteiger partial charge in [0.05, 0.1) is 6.04 Å². The average molecular weight is 346 g/mol. The summed E-state index contributed by atoms with van der Waals surface area (Å²) >= 11 is 0. The smallest absolute Gasteiger partial charge is 0.317 e. The van der Waals surface area contributed by atoms with Crippen LogP contribution in [-0.4, -0.2) is 49.9 Å². The van der Waals surface area contributed by atoms with E-state index in [0.29, 0.717) is 12.0 Å². The molecule has 0 aliphatic carbocycles. The fourth-order valence-electron chi connectivity index (χ4n) is 3.77. The number of carbonyl (C=O) groups excluding carboxylic acids is 1. The number of ether oxygens (including phenoxy) is 2. The Morgan fingerprint density at radius 3 is 2.60 bits per heavy atom. The highest BCUT2D eigenvalue weighted by Crippen LogP contribution is 2.40. The second-order valence-electron chi connectivity index (χ2n) is 7.53. The Morgan fingerprint density at radius 2 is 1.92 bits per heavy atom. The van der Waals surface area contributed by atoms with Crippen LogP contribution < -0.4 is 10.1 Å². The molecule has 1 aromatic carbocycles. The Balaban J connectivity index is 1.42. The summed E-state index contributed by atoms with van der Waals surface area (Å²) in [7, 11) is 0. The number of rotatable bonds is 4. The first-order chi connectivity index (χ1) is 12.1. The summed E-state index contributed by atoms with van der Waals surface area (Å²) in [4.78, 5) is 14.4. The molecule has 138 valence electrons. The third kappa shape index (κ3) is 4.66. The van der Waals surface area contributed by atoms with E-state index in [1.165, 1.54) is 0 Å². The van der Waals surface area contributed by atoms with Crippen LogP contribution in [0.1, 0.15) is 38.2 Å². The van der Waals surface area contributed by atoms with Crippen LogP contribution >= 0.6 is 0 Å². The summed E-state index contributed by atoms with van der Waals surface area (Å²) in [6, 6.07) is 7.95. The second kappa shape index (κ2) is 8.09. The number of likely N-dealkylation sites (tertiary alicyclic amines) is 1. The Morgan fingerprint density at radius 1 is 1.24 bits per heavy atom. The Labute approximate surface area is 150 Å². The number of piperidine rings is 1. The van der Waals surface area contributed by atoms with Crippen LogP contribution in [0.25, 0.3) is 0 Å². The fourth-order valence-corrected chi connectivity index (χ4v) is 3.77. The number of carbonyl (C=O) groups is 1. The van der Waals surface area contributed by atoms with E-state index in [4.69, 9.17) is 9.47 Å². The Kier molecular flexibility index (Phi) is 5.84. The van der Waals surface area contributed by atoms with Gasteiger partial charge in [-0.2, -0.15) is 0 Å². The number of aryl methyl sites for hydroxylation is 1. The minimum absolute atomic E-state index is 0.0222.